The summed E-state index contributed by atoms with van der Waals surface area (Å²) in [5.74, 6) is -0.0926. The molecule has 0 fully saturated rings. The minimum atomic E-state index is -0.224. The second kappa shape index (κ2) is 6.08. The number of thiocarbonyl (C=S) groups is 1. The first-order valence-electron chi connectivity index (χ1n) is 6.84. The van der Waals surface area contributed by atoms with Crippen molar-refractivity contribution in [2.45, 2.75) is 12.8 Å². The van der Waals surface area contributed by atoms with E-state index in [0.29, 0.717) is 4.99 Å². The number of carbonyl (C=O) groups is 1. The Morgan fingerprint density at radius 1 is 1.14 bits per heavy atom. The highest BCUT2D eigenvalue weighted by molar-refractivity contribution is 9.10. The van der Waals surface area contributed by atoms with Gasteiger partial charge < -0.3 is 5.32 Å². The maximum atomic E-state index is 12.6. The van der Waals surface area contributed by atoms with Crippen LogP contribution in [0.25, 0.3) is 0 Å². The van der Waals surface area contributed by atoms with E-state index < -0.39 is 0 Å². The topological polar surface area (TPSA) is 29.1 Å². The fourth-order valence-corrected chi connectivity index (χ4v) is 3.22. The van der Waals surface area contributed by atoms with Crippen LogP contribution in [-0.2, 0) is 6.42 Å². The zero-order chi connectivity index (χ0) is 14.8. The fraction of sp³-hybridized carbons (Fsp3) is 0.176. The lowest BCUT2D eigenvalue weighted by molar-refractivity contribution is 0.0942. The minimum Gasteiger partial charge on any atom is -0.349 e. The molecule has 0 amide bonds. The van der Waals surface area contributed by atoms with Crippen molar-refractivity contribution in [3.63, 3.8) is 0 Å². The molecule has 1 atom stereocenters. The Bertz CT molecular complexity index is 696. The highest BCUT2D eigenvalue weighted by Crippen LogP contribution is 2.27. The van der Waals surface area contributed by atoms with Crippen molar-refractivity contribution in [2.75, 3.05) is 5.32 Å². The summed E-state index contributed by atoms with van der Waals surface area (Å²) in [6, 6.07) is 15.6. The maximum absolute atomic E-state index is 12.6. The summed E-state index contributed by atoms with van der Waals surface area (Å²) >= 11 is 8.85. The van der Waals surface area contributed by atoms with Gasteiger partial charge in [-0.05, 0) is 42.7 Å². The van der Waals surface area contributed by atoms with Crippen molar-refractivity contribution < 1.29 is 4.79 Å². The van der Waals surface area contributed by atoms with Crippen LogP contribution in [0, 0.1) is 5.92 Å². The van der Waals surface area contributed by atoms with Crippen molar-refractivity contribution in [1.29, 1.82) is 0 Å². The number of nitrogens with one attached hydrogen (secondary N) is 1. The van der Waals surface area contributed by atoms with E-state index in [2.05, 4.69) is 21.2 Å². The van der Waals surface area contributed by atoms with Gasteiger partial charge in [-0.15, -0.1) is 0 Å². The van der Waals surface area contributed by atoms with Gasteiger partial charge in [0.1, 0.15) is 0 Å². The van der Waals surface area contributed by atoms with Crippen LogP contribution in [0.3, 0.4) is 0 Å². The first-order chi connectivity index (χ1) is 10.1. The first kappa shape index (κ1) is 14.4. The first-order valence-corrected chi connectivity index (χ1v) is 8.04. The highest BCUT2D eigenvalue weighted by Gasteiger charge is 2.30. The number of ketones is 1. The molecule has 0 spiro atoms. The zero-order valence-corrected chi connectivity index (χ0v) is 13.7. The van der Waals surface area contributed by atoms with Crippen LogP contribution in [0.4, 0.5) is 5.69 Å². The molecule has 2 nitrogen and oxygen atoms in total. The van der Waals surface area contributed by atoms with Gasteiger partial charge >= 0.3 is 0 Å². The number of carbonyl (C=O) groups excluding carboxylic acids is 1. The Labute approximate surface area is 137 Å². The maximum Gasteiger partial charge on any atom is 0.172 e. The number of Topliss-reactive ketones (excluding diaryl/α,β-unsaturated/α-hetero) is 1. The summed E-state index contributed by atoms with van der Waals surface area (Å²) < 4.78 is 1.02. The summed E-state index contributed by atoms with van der Waals surface area (Å²) in [6.07, 6.45) is 1.67. The summed E-state index contributed by atoms with van der Waals surface area (Å²) in [6.45, 7) is 0. The van der Waals surface area contributed by atoms with Crippen LogP contribution in [0.2, 0.25) is 0 Å². The molecule has 0 aromatic heterocycles. The largest absolute Gasteiger partial charge is 0.349 e. The van der Waals surface area contributed by atoms with E-state index >= 15 is 0 Å². The Morgan fingerprint density at radius 2 is 1.86 bits per heavy atom. The van der Waals surface area contributed by atoms with Crippen LogP contribution in [0.1, 0.15) is 22.3 Å². The molecule has 1 N–H and O–H groups in total. The lowest BCUT2D eigenvalue weighted by Gasteiger charge is -2.24. The van der Waals surface area contributed by atoms with Crippen LogP contribution in [-0.4, -0.2) is 10.8 Å². The van der Waals surface area contributed by atoms with Crippen molar-refractivity contribution >= 4 is 44.6 Å². The Hall–Kier alpha value is -1.52. The number of fused-ring (bicyclic) bond motifs is 1. The minimum absolute atomic E-state index is 0.131. The van der Waals surface area contributed by atoms with E-state index in [4.69, 9.17) is 12.2 Å². The number of hydrogen-bond donors (Lipinski definition) is 1. The number of halogens is 1. The molecule has 21 heavy (non-hydrogen) atoms. The molecule has 106 valence electrons. The molecular formula is C17H14BrNOS. The second-order valence-corrected chi connectivity index (χ2v) is 6.46. The molecule has 0 aliphatic heterocycles. The third-order valence-corrected chi connectivity index (χ3v) is 4.65. The smallest absolute Gasteiger partial charge is 0.172 e. The summed E-state index contributed by atoms with van der Waals surface area (Å²) in [5, 5.41) is 3.19. The lowest BCUT2D eigenvalue weighted by Crippen LogP contribution is -2.32. The SMILES string of the molecule is O=C1c2ccccc2CCC1C(=S)Nc1ccc(Br)cc1. The van der Waals surface area contributed by atoms with Gasteiger partial charge in [-0.3, -0.25) is 4.79 Å². The molecule has 3 rings (SSSR count). The van der Waals surface area contributed by atoms with Gasteiger partial charge in [-0.2, -0.15) is 0 Å². The molecule has 2 aromatic rings. The Morgan fingerprint density at radius 3 is 2.62 bits per heavy atom. The molecule has 0 saturated heterocycles. The quantitative estimate of drug-likeness (QED) is 0.792. The van der Waals surface area contributed by atoms with Crippen molar-refractivity contribution in [1.82, 2.24) is 0 Å². The average molecular weight is 360 g/mol. The highest BCUT2D eigenvalue weighted by atomic mass is 79.9. The molecule has 0 saturated carbocycles. The number of anilines is 1. The lowest BCUT2D eigenvalue weighted by atomic mass is 9.82. The van der Waals surface area contributed by atoms with Gasteiger partial charge in [-0.1, -0.05) is 52.4 Å². The van der Waals surface area contributed by atoms with Gasteiger partial charge in [-0.25, -0.2) is 0 Å². The van der Waals surface area contributed by atoms with Crippen molar-refractivity contribution in [2.24, 2.45) is 5.92 Å². The predicted octanol–water partition coefficient (Wildman–Crippen LogP) is 4.63. The van der Waals surface area contributed by atoms with Crippen LogP contribution in [0.5, 0.6) is 0 Å². The number of rotatable bonds is 2. The molecule has 4 heteroatoms. The van der Waals surface area contributed by atoms with Gasteiger partial charge in [0.05, 0.1) is 10.9 Å². The number of hydrogen-bond acceptors (Lipinski definition) is 2. The fourth-order valence-electron chi connectivity index (χ4n) is 2.61. The molecule has 1 aliphatic carbocycles. The molecule has 2 aromatic carbocycles. The molecule has 1 unspecified atom stereocenters. The van der Waals surface area contributed by atoms with E-state index in [-0.39, 0.29) is 11.7 Å². The third-order valence-electron chi connectivity index (χ3n) is 3.73. The van der Waals surface area contributed by atoms with Crippen molar-refractivity contribution in [3.05, 3.63) is 64.1 Å². The van der Waals surface area contributed by atoms with Gasteiger partial charge in [0.15, 0.2) is 5.78 Å². The van der Waals surface area contributed by atoms with E-state index in [1.165, 1.54) is 0 Å². The van der Waals surface area contributed by atoms with E-state index in [1.54, 1.807) is 0 Å². The second-order valence-electron chi connectivity index (χ2n) is 5.11. The summed E-state index contributed by atoms with van der Waals surface area (Å²) in [5.41, 5.74) is 2.86. The monoisotopic (exact) mass is 359 g/mol. The Balaban J connectivity index is 1.77. The van der Waals surface area contributed by atoms with Crippen LogP contribution >= 0.6 is 28.1 Å². The summed E-state index contributed by atoms with van der Waals surface area (Å²) in [4.78, 5) is 13.2. The number of benzene rings is 2. The molecular weight excluding hydrogens is 346 g/mol. The Kier molecular flexibility index (Phi) is 4.17. The predicted molar refractivity (Wildman–Crippen MR) is 92.9 cm³/mol. The number of aryl methyl sites for hydroxylation is 1. The van der Waals surface area contributed by atoms with E-state index in [1.807, 2.05) is 48.5 Å². The molecule has 1 aliphatic rings. The van der Waals surface area contributed by atoms with Gasteiger partial charge in [0.2, 0.25) is 0 Å². The third kappa shape index (κ3) is 3.06. The van der Waals surface area contributed by atoms with Crippen LogP contribution in [0.15, 0.2) is 53.0 Å². The van der Waals surface area contributed by atoms with Gasteiger partial charge in [0.25, 0.3) is 0 Å². The summed E-state index contributed by atoms with van der Waals surface area (Å²) in [7, 11) is 0. The van der Waals surface area contributed by atoms with E-state index in [9.17, 15) is 4.79 Å². The van der Waals surface area contributed by atoms with E-state index in [0.717, 1.165) is 34.1 Å². The zero-order valence-electron chi connectivity index (χ0n) is 11.3. The van der Waals surface area contributed by atoms with Crippen LogP contribution < -0.4 is 5.32 Å². The standard InChI is InChI=1S/C17H14BrNOS/c18-12-6-8-13(9-7-12)19-17(21)15-10-5-11-3-1-2-4-14(11)16(15)20/h1-4,6-9,15H,5,10H2,(H,19,21). The van der Waals surface area contributed by atoms with Crippen molar-refractivity contribution in [3.8, 4) is 0 Å². The molecule has 0 heterocycles. The molecule has 0 radical (unpaired) electrons. The normalized spacial score (nSPS) is 17.2. The molecule has 0 bridgehead atoms. The van der Waals surface area contributed by atoms with Gasteiger partial charge in [0, 0.05) is 15.7 Å². The average Bonchev–Trinajstić information content (AvgIpc) is 2.50.